The summed E-state index contributed by atoms with van der Waals surface area (Å²) in [6.45, 7) is 4.99. The fourth-order valence-corrected chi connectivity index (χ4v) is 12.2. The number of nitrogens with one attached hydrogen (secondary N) is 1. The van der Waals surface area contributed by atoms with Crippen LogP contribution in [0.3, 0.4) is 0 Å². The molecular formula is C77H149NO5. The van der Waals surface area contributed by atoms with Crippen LogP contribution in [0.2, 0.25) is 0 Å². The first-order chi connectivity index (χ1) is 41.0. The first-order valence-corrected chi connectivity index (χ1v) is 38.1. The highest BCUT2D eigenvalue weighted by Crippen LogP contribution is 2.19. The summed E-state index contributed by atoms with van der Waals surface area (Å²) in [7, 11) is 0. The fourth-order valence-electron chi connectivity index (χ4n) is 12.2. The van der Waals surface area contributed by atoms with E-state index in [-0.39, 0.29) is 18.5 Å². The van der Waals surface area contributed by atoms with Crippen LogP contribution in [0, 0.1) is 0 Å². The van der Waals surface area contributed by atoms with Crippen LogP contribution < -0.4 is 5.32 Å². The Kier molecular flexibility index (Phi) is 71.4. The van der Waals surface area contributed by atoms with E-state index in [4.69, 9.17) is 4.74 Å². The largest absolute Gasteiger partial charge is 0.466 e. The number of carbonyl (C=O) groups is 2. The van der Waals surface area contributed by atoms with Crippen LogP contribution in [0.1, 0.15) is 431 Å². The zero-order valence-electron chi connectivity index (χ0n) is 56.5. The summed E-state index contributed by atoms with van der Waals surface area (Å²) >= 11 is 0. The average molecular weight is 1170 g/mol. The maximum atomic E-state index is 12.5. The van der Waals surface area contributed by atoms with Gasteiger partial charge >= 0.3 is 5.97 Å². The molecule has 492 valence electrons. The van der Waals surface area contributed by atoms with E-state index in [1.807, 2.05) is 0 Å². The van der Waals surface area contributed by atoms with Crippen LogP contribution in [0.15, 0.2) is 24.3 Å². The molecule has 2 atom stereocenters. The maximum absolute atomic E-state index is 12.5. The molecule has 3 N–H and O–H groups in total. The van der Waals surface area contributed by atoms with Gasteiger partial charge in [-0.2, -0.15) is 0 Å². The minimum absolute atomic E-state index is 0.0112. The van der Waals surface area contributed by atoms with Crippen molar-refractivity contribution in [3.8, 4) is 0 Å². The number of unbranched alkanes of at least 4 members (excludes halogenated alkanes) is 57. The number of amides is 1. The van der Waals surface area contributed by atoms with Gasteiger partial charge in [-0.15, -0.1) is 0 Å². The Bertz CT molecular complexity index is 1300. The lowest BCUT2D eigenvalue weighted by Gasteiger charge is -2.22. The van der Waals surface area contributed by atoms with Gasteiger partial charge in [-0.1, -0.05) is 366 Å². The van der Waals surface area contributed by atoms with Gasteiger partial charge < -0.3 is 20.3 Å². The number of carbonyl (C=O) groups excluding carboxylic acids is 2. The van der Waals surface area contributed by atoms with Crippen LogP contribution >= 0.6 is 0 Å². The standard InChI is InChI=1S/C77H149NO5/c1-3-5-7-9-11-13-15-17-19-21-35-38-41-45-49-53-57-61-65-69-75(80)74(73-79)78-76(81)70-66-62-58-54-50-46-42-39-36-33-31-29-27-25-23-22-24-26-28-30-32-34-37-40-44-48-52-56-60-64-68-72-83-77(82)71-67-63-59-55-51-47-43-20-18-16-14-12-10-8-6-4-2/h20,24,26,43,74-75,79-80H,3-19,21-23,25,27-42,44-73H2,1-2H3,(H,78,81)/b26-24-,43-20-. The van der Waals surface area contributed by atoms with Crippen LogP contribution in [0.5, 0.6) is 0 Å². The quantitative estimate of drug-likeness (QED) is 0.0320. The van der Waals surface area contributed by atoms with Gasteiger partial charge in [-0.05, 0) is 77.0 Å². The molecule has 0 bridgehead atoms. The van der Waals surface area contributed by atoms with Crippen molar-refractivity contribution in [1.29, 1.82) is 0 Å². The van der Waals surface area contributed by atoms with Crippen molar-refractivity contribution in [2.75, 3.05) is 13.2 Å². The lowest BCUT2D eigenvalue weighted by atomic mass is 10.0. The van der Waals surface area contributed by atoms with Gasteiger partial charge in [0, 0.05) is 12.8 Å². The molecular weight excluding hydrogens is 1020 g/mol. The SMILES string of the molecule is CCCCCCCCC/C=C\CCCCCCCC(=O)OCCCCCCCCCCCCCC/C=C\CCCCCCCCCCCCCCCCCC(=O)NC(CO)C(O)CCCCCCCCCCCCCCCCCCCCC. The van der Waals surface area contributed by atoms with E-state index in [1.54, 1.807) is 0 Å². The van der Waals surface area contributed by atoms with Gasteiger partial charge in [-0.3, -0.25) is 9.59 Å². The summed E-state index contributed by atoms with van der Waals surface area (Å²) in [5.74, 6) is -0.0172. The predicted molar refractivity (Wildman–Crippen MR) is 366 cm³/mol. The van der Waals surface area contributed by atoms with Crippen molar-refractivity contribution in [3.63, 3.8) is 0 Å². The molecule has 6 heteroatoms. The van der Waals surface area contributed by atoms with E-state index in [0.717, 1.165) is 44.9 Å². The van der Waals surface area contributed by atoms with Gasteiger partial charge in [0.25, 0.3) is 0 Å². The Balaban J connectivity index is 3.36. The predicted octanol–water partition coefficient (Wildman–Crippen LogP) is 24.9. The molecule has 0 aromatic heterocycles. The molecule has 0 spiro atoms. The third-order valence-corrected chi connectivity index (χ3v) is 18.0. The fraction of sp³-hybridized carbons (Fsp3) is 0.922. The molecule has 83 heavy (non-hydrogen) atoms. The van der Waals surface area contributed by atoms with Gasteiger partial charge in [0.1, 0.15) is 0 Å². The molecule has 0 aromatic carbocycles. The Morgan fingerprint density at radius 1 is 0.325 bits per heavy atom. The Morgan fingerprint density at radius 2 is 0.566 bits per heavy atom. The number of ether oxygens (including phenoxy) is 1. The van der Waals surface area contributed by atoms with Crippen LogP contribution in [-0.2, 0) is 14.3 Å². The highest BCUT2D eigenvalue weighted by Gasteiger charge is 2.20. The second kappa shape index (κ2) is 72.8. The molecule has 0 saturated carbocycles. The molecule has 0 aromatic rings. The minimum atomic E-state index is -0.663. The second-order valence-electron chi connectivity index (χ2n) is 26.3. The molecule has 0 saturated heterocycles. The number of allylic oxidation sites excluding steroid dienone is 4. The number of hydrogen-bond donors (Lipinski definition) is 3. The summed E-state index contributed by atoms with van der Waals surface area (Å²) in [6.07, 6.45) is 92.5. The summed E-state index contributed by atoms with van der Waals surface area (Å²) in [4.78, 5) is 24.6. The summed E-state index contributed by atoms with van der Waals surface area (Å²) in [5, 5.41) is 23.4. The maximum Gasteiger partial charge on any atom is 0.305 e. The smallest absolute Gasteiger partial charge is 0.305 e. The zero-order chi connectivity index (χ0) is 59.9. The van der Waals surface area contributed by atoms with E-state index in [0.29, 0.717) is 25.9 Å². The van der Waals surface area contributed by atoms with Crippen LogP contribution in [-0.4, -0.2) is 47.4 Å². The second-order valence-corrected chi connectivity index (χ2v) is 26.3. The number of aliphatic hydroxyl groups is 2. The zero-order valence-corrected chi connectivity index (χ0v) is 56.5. The molecule has 0 fully saturated rings. The van der Waals surface area contributed by atoms with Gasteiger partial charge in [0.05, 0.1) is 25.4 Å². The van der Waals surface area contributed by atoms with Crippen molar-refractivity contribution in [3.05, 3.63) is 24.3 Å². The molecule has 6 nitrogen and oxygen atoms in total. The van der Waals surface area contributed by atoms with Gasteiger partial charge in [0.15, 0.2) is 0 Å². The van der Waals surface area contributed by atoms with E-state index in [1.165, 1.54) is 353 Å². The topological polar surface area (TPSA) is 95.9 Å². The third kappa shape index (κ3) is 69.3. The lowest BCUT2D eigenvalue weighted by molar-refractivity contribution is -0.143. The highest BCUT2D eigenvalue weighted by atomic mass is 16.5. The number of aliphatic hydroxyl groups excluding tert-OH is 2. The Labute approximate surface area is 520 Å². The first-order valence-electron chi connectivity index (χ1n) is 38.1. The van der Waals surface area contributed by atoms with E-state index in [9.17, 15) is 19.8 Å². The normalized spacial score (nSPS) is 12.6. The van der Waals surface area contributed by atoms with Crippen molar-refractivity contribution in [2.24, 2.45) is 0 Å². The minimum Gasteiger partial charge on any atom is -0.466 e. The molecule has 1 amide bonds. The highest BCUT2D eigenvalue weighted by molar-refractivity contribution is 5.76. The van der Waals surface area contributed by atoms with Crippen molar-refractivity contribution in [2.45, 2.75) is 443 Å². The summed E-state index contributed by atoms with van der Waals surface area (Å²) in [5.41, 5.74) is 0. The molecule has 0 aliphatic rings. The Hall–Kier alpha value is -1.66. The molecule has 0 heterocycles. The van der Waals surface area contributed by atoms with E-state index >= 15 is 0 Å². The number of hydrogen-bond acceptors (Lipinski definition) is 5. The Morgan fingerprint density at radius 3 is 0.855 bits per heavy atom. The average Bonchev–Trinajstić information content (AvgIpc) is 3.48. The summed E-state index contributed by atoms with van der Waals surface area (Å²) in [6, 6.07) is -0.540. The monoisotopic (exact) mass is 1170 g/mol. The van der Waals surface area contributed by atoms with Crippen molar-refractivity contribution in [1.82, 2.24) is 5.32 Å². The molecule has 0 aliphatic heterocycles. The van der Waals surface area contributed by atoms with E-state index < -0.39 is 12.1 Å². The third-order valence-electron chi connectivity index (χ3n) is 18.0. The van der Waals surface area contributed by atoms with E-state index in [2.05, 4.69) is 43.5 Å². The van der Waals surface area contributed by atoms with Crippen LogP contribution in [0.25, 0.3) is 0 Å². The number of rotatable bonds is 72. The summed E-state index contributed by atoms with van der Waals surface area (Å²) < 4.78 is 5.50. The molecule has 2 unspecified atom stereocenters. The van der Waals surface area contributed by atoms with Crippen LogP contribution in [0.4, 0.5) is 0 Å². The lowest BCUT2D eigenvalue weighted by Crippen LogP contribution is -2.45. The number of esters is 1. The van der Waals surface area contributed by atoms with Gasteiger partial charge in [-0.25, -0.2) is 0 Å². The van der Waals surface area contributed by atoms with Crippen molar-refractivity contribution >= 4 is 11.9 Å². The first kappa shape index (κ1) is 81.3. The molecule has 0 aliphatic carbocycles. The van der Waals surface area contributed by atoms with Gasteiger partial charge in [0.2, 0.25) is 5.91 Å². The molecule has 0 rings (SSSR count). The van der Waals surface area contributed by atoms with Crippen molar-refractivity contribution < 1.29 is 24.5 Å². The molecule has 0 radical (unpaired) electrons.